The highest BCUT2D eigenvalue weighted by Gasteiger charge is 2.27. The lowest BCUT2D eigenvalue weighted by molar-refractivity contribution is -0.134. The van der Waals surface area contributed by atoms with Crippen molar-refractivity contribution >= 4 is 11.8 Å². The number of carbonyl (C=O) groups is 2. The molecule has 0 aliphatic rings. The van der Waals surface area contributed by atoms with Gasteiger partial charge < -0.3 is 23.5 Å². The van der Waals surface area contributed by atoms with Crippen LogP contribution in [-0.4, -0.2) is 52.4 Å². The maximum absolute atomic E-state index is 13.6. The topological polar surface area (TPSA) is 67.9 Å². The SMILES string of the molecule is CCC(C)N(Cc1cccn1Cc1cccc(OC)c1)C(=O)CN(CC(C)C)C(=O)c1ccco1. The van der Waals surface area contributed by atoms with Crippen LogP contribution in [0.3, 0.4) is 0 Å². The second kappa shape index (κ2) is 12.3. The van der Waals surface area contributed by atoms with Gasteiger partial charge in [0.1, 0.15) is 12.3 Å². The van der Waals surface area contributed by atoms with Crippen molar-refractivity contribution in [3.63, 3.8) is 0 Å². The second-order valence-corrected chi connectivity index (χ2v) is 9.31. The van der Waals surface area contributed by atoms with Gasteiger partial charge in [0.05, 0.1) is 19.9 Å². The predicted octanol–water partition coefficient (Wildman–Crippen LogP) is 5.06. The van der Waals surface area contributed by atoms with E-state index in [1.54, 1.807) is 24.1 Å². The zero-order valence-corrected chi connectivity index (χ0v) is 21.4. The third-order valence-electron chi connectivity index (χ3n) is 6.12. The van der Waals surface area contributed by atoms with Crippen LogP contribution in [-0.2, 0) is 17.9 Å². The van der Waals surface area contributed by atoms with Gasteiger partial charge in [-0.25, -0.2) is 0 Å². The van der Waals surface area contributed by atoms with Gasteiger partial charge in [0.25, 0.3) is 5.91 Å². The third-order valence-corrected chi connectivity index (χ3v) is 6.12. The number of hydrogen-bond acceptors (Lipinski definition) is 4. The average Bonchev–Trinajstić information content (AvgIpc) is 3.53. The molecule has 0 N–H and O–H groups in total. The Kier molecular flexibility index (Phi) is 9.18. The minimum Gasteiger partial charge on any atom is -0.497 e. The van der Waals surface area contributed by atoms with Gasteiger partial charge in [-0.3, -0.25) is 9.59 Å². The highest BCUT2D eigenvalue weighted by Crippen LogP contribution is 2.18. The van der Waals surface area contributed by atoms with Crippen LogP contribution in [0.2, 0.25) is 0 Å². The van der Waals surface area contributed by atoms with Crippen LogP contribution in [0.15, 0.2) is 65.4 Å². The van der Waals surface area contributed by atoms with Gasteiger partial charge in [0.2, 0.25) is 5.91 Å². The molecule has 2 heterocycles. The Morgan fingerprint density at radius 2 is 1.89 bits per heavy atom. The summed E-state index contributed by atoms with van der Waals surface area (Å²) in [5.74, 6) is 0.954. The van der Waals surface area contributed by atoms with E-state index < -0.39 is 0 Å². The van der Waals surface area contributed by atoms with Crippen LogP contribution in [0.25, 0.3) is 0 Å². The van der Waals surface area contributed by atoms with E-state index in [9.17, 15) is 9.59 Å². The molecule has 0 fully saturated rings. The first-order chi connectivity index (χ1) is 16.8. The monoisotopic (exact) mass is 479 g/mol. The van der Waals surface area contributed by atoms with Crippen molar-refractivity contribution in [1.82, 2.24) is 14.4 Å². The molecule has 3 aromatic rings. The normalized spacial score (nSPS) is 11.9. The fourth-order valence-corrected chi connectivity index (χ4v) is 4.07. The highest BCUT2D eigenvalue weighted by molar-refractivity contribution is 5.94. The van der Waals surface area contributed by atoms with Crippen molar-refractivity contribution in [2.45, 2.75) is 53.2 Å². The molecule has 35 heavy (non-hydrogen) atoms. The van der Waals surface area contributed by atoms with E-state index in [0.717, 1.165) is 23.4 Å². The number of hydrogen-bond donors (Lipinski definition) is 0. The number of methoxy groups -OCH3 is 1. The van der Waals surface area contributed by atoms with E-state index in [0.29, 0.717) is 19.6 Å². The maximum Gasteiger partial charge on any atom is 0.290 e. The molecule has 0 spiro atoms. The van der Waals surface area contributed by atoms with Gasteiger partial charge >= 0.3 is 0 Å². The molecule has 1 aromatic carbocycles. The fourth-order valence-electron chi connectivity index (χ4n) is 4.07. The Morgan fingerprint density at radius 1 is 1.09 bits per heavy atom. The number of benzene rings is 1. The Balaban J connectivity index is 1.78. The van der Waals surface area contributed by atoms with Crippen molar-refractivity contribution in [1.29, 1.82) is 0 Å². The molecule has 7 heteroatoms. The smallest absolute Gasteiger partial charge is 0.290 e. The summed E-state index contributed by atoms with van der Waals surface area (Å²) >= 11 is 0. The van der Waals surface area contributed by atoms with Crippen LogP contribution >= 0.6 is 0 Å². The lowest BCUT2D eigenvalue weighted by Crippen LogP contribution is -2.47. The Morgan fingerprint density at radius 3 is 2.54 bits per heavy atom. The van der Waals surface area contributed by atoms with E-state index in [-0.39, 0.29) is 36.1 Å². The number of ether oxygens (including phenoxy) is 1. The Labute approximate surface area is 208 Å². The van der Waals surface area contributed by atoms with Gasteiger partial charge in [0, 0.05) is 31.0 Å². The van der Waals surface area contributed by atoms with Gasteiger partial charge in [-0.2, -0.15) is 0 Å². The molecule has 0 aliphatic heterocycles. The zero-order valence-electron chi connectivity index (χ0n) is 21.4. The first-order valence-electron chi connectivity index (χ1n) is 12.2. The zero-order chi connectivity index (χ0) is 25.4. The van der Waals surface area contributed by atoms with E-state index in [4.69, 9.17) is 9.15 Å². The number of nitrogens with zero attached hydrogens (tertiary/aromatic N) is 3. The molecule has 2 aromatic heterocycles. The molecular formula is C28H37N3O4. The van der Waals surface area contributed by atoms with Crippen molar-refractivity contribution in [3.8, 4) is 5.75 Å². The van der Waals surface area contributed by atoms with E-state index in [2.05, 4.69) is 17.6 Å². The number of aromatic nitrogens is 1. The second-order valence-electron chi connectivity index (χ2n) is 9.31. The molecule has 7 nitrogen and oxygen atoms in total. The summed E-state index contributed by atoms with van der Waals surface area (Å²) in [6.45, 7) is 9.82. The molecule has 0 saturated carbocycles. The summed E-state index contributed by atoms with van der Waals surface area (Å²) in [4.78, 5) is 30.0. The van der Waals surface area contributed by atoms with Crippen molar-refractivity contribution in [3.05, 3.63) is 78.0 Å². The number of rotatable bonds is 12. The highest BCUT2D eigenvalue weighted by atomic mass is 16.5. The average molecular weight is 480 g/mol. The Bertz CT molecular complexity index is 1090. The van der Waals surface area contributed by atoms with Crippen LogP contribution < -0.4 is 4.74 Å². The molecule has 0 bridgehead atoms. The minimum absolute atomic E-state index is 0.0125. The molecule has 188 valence electrons. The quantitative estimate of drug-likeness (QED) is 0.364. The molecule has 0 saturated heterocycles. The summed E-state index contributed by atoms with van der Waals surface area (Å²) in [5.41, 5.74) is 2.16. The van der Waals surface area contributed by atoms with Gasteiger partial charge in [-0.05, 0) is 61.2 Å². The molecule has 0 radical (unpaired) electrons. The number of furan rings is 1. The summed E-state index contributed by atoms with van der Waals surface area (Å²) in [6, 6.07) is 15.4. The molecular weight excluding hydrogens is 442 g/mol. The first-order valence-corrected chi connectivity index (χ1v) is 12.2. The maximum atomic E-state index is 13.6. The fraction of sp³-hybridized carbons (Fsp3) is 0.429. The van der Waals surface area contributed by atoms with Crippen LogP contribution in [0.4, 0.5) is 0 Å². The van der Waals surface area contributed by atoms with Gasteiger partial charge in [0.15, 0.2) is 5.76 Å². The van der Waals surface area contributed by atoms with Crippen LogP contribution in [0, 0.1) is 5.92 Å². The van der Waals surface area contributed by atoms with Crippen molar-refractivity contribution < 1.29 is 18.7 Å². The molecule has 0 aliphatic carbocycles. The lowest BCUT2D eigenvalue weighted by Gasteiger charge is -2.32. The van der Waals surface area contributed by atoms with E-state index >= 15 is 0 Å². The van der Waals surface area contributed by atoms with E-state index in [1.807, 2.05) is 62.2 Å². The van der Waals surface area contributed by atoms with Gasteiger partial charge in [-0.1, -0.05) is 32.9 Å². The summed E-state index contributed by atoms with van der Waals surface area (Å²) in [6.07, 6.45) is 4.32. The summed E-state index contributed by atoms with van der Waals surface area (Å²) in [5, 5.41) is 0. The predicted molar refractivity (Wildman–Crippen MR) is 136 cm³/mol. The molecule has 3 rings (SSSR count). The molecule has 1 atom stereocenters. The first kappa shape index (κ1) is 26.1. The number of carbonyl (C=O) groups excluding carboxylic acids is 2. The van der Waals surface area contributed by atoms with Crippen LogP contribution in [0.5, 0.6) is 5.75 Å². The van der Waals surface area contributed by atoms with Crippen molar-refractivity contribution in [2.24, 2.45) is 5.92 Å². The summed E-state index contributed by atoms with van der Waals surface area (Å²) < 4.78 is 12.8. The lowest BCUT2D eigenvalue weighted by atomic mass is 10.1. The largest absolute Gasteiger partial charge is 0.497 e. The van der Waals surface area contributed by atoms with Crippen molar-refractivity contribution in [2.75, 3.05) is 20.2 Å². The van der Waals surface area contributed by atoms with E-state index in [1.165, 1.54) is 6.26 Å². The standard InChI is InChI=1S/C28H37N3O4/c1-6-22(4)31(27(32)20-30(17-21(2)3)28(33)26-13-9-15-35-26)19-24-11-8-14-29(24)18-23-10-7-12-25(16-23)34-5/h7-16,21-22H,6,17-20H2,1-5H3. The summed E-state index contributed by atoms with van der Waals surface area (Å²) in [7, 11) is 1.66. The van der Waals surface area contributed by atoms with Crippen LogP contribution in [0.1, 0.15) is 55.9 Å². The number of amides is 2. The third kappa shape index (κ3) is 7.01. The molecule has 2 amide bonds. The van der Waals surface area contributed by atoms with Gasteiger partial charge in [-0.15, -0.1) is 0 Å². The minimum atomic E-state index is -0.262. The molecule has 1 unspecified atom stereocenters. The Hall–Kier alpha value is -3.48.